The van der Waals surface area contributed by atoms with E-state index >= 15 is 0 Å². The van der Waals surface area contributed by atoms with Crippen LogP contribution in [0.4, 0.5) is 0 Å². The lowest BCUT2D eigenvalue weighted by molar-refractivity contribution is 0.330. The Morgan fingerprint density at radius 1 is 1.21 bits per heavy atom. The summed E-state index contributed by atoms with van der Waals surface area (Å²) in [5.74, 6) is 2.74. The second kappa shape index (κ2) is 8.26. The first kappa shape index (κ1) is 17.6. The molecule has 0 radical (unpaired) electrons. The number of ether oxygens (including phenoxy) is 1. The molecule has 24 heavy (non-hydrogen) atoms. The number of hydrogen-bond donors (Lipinski definition) is 0. The summed E-state index contributed by atoms with van der Waals surface area (Å²) in [4.78, 5) is 0. The summed E-state index contributed by atoms with van der Waals surface area (Å²) in [5.41, 5.74) is 1.04. The van der Waals surface area contributed by atoms with Gasteiger partial charge >= 0.3 is 0 Å². The van der Waals surface area contributed by atoms with Gasteiger partial charge in [0, 0.05) is 16.8 Å². The van der Waals surface area contributed by atoms with E-state index in [0.29, 0.717) is 12.6 Å². The summed E-state index contributed by atoms with van der Waals surface area (Å²) in [6.07, 6.45) is 6.46. The van der Waals surface area contributed by atoms with E-state index in [9.17, 15) is 0 Å². The van der Waals surface area contributed by atoms with Crippen molar-refractivity contribution in [3.63, 3.8) is 0 Å². The number of aromatic nitrogens is 3. The van der Waals surface area contributed by atoms with Gasteiger partial charge in [-0.3, -0.25) is 0 Å². The van der Waals surface area contributed by atoms with E-state index in [-0.39, 0.29) is 0 Å². The Bertz CT molecular complexity index is 683. The van der Waals surface area contributed by atoms with Crippen LogP contribution in [0.25, 0.3) is 0 Å². The van der Waals surface area contributed by atoms with Gasteiger partial charge in [0.2, 0.25) is 0 Å². The minimum atomic E-state index is 0.566. The molecule has 130 valence electrons. The van der Waals surface area contributed by atoms with E-state index in [1.807, 2.05) is 25.1 Å². The molecule has 0 saturated heterocycles. The maximum Gasteiger partial charge on any atom is 0.191 e. The summed E-state index contributed by atoms with van der Waals surface area (Å²) >= 11 is 7.76. The van der Waals surface area contributed by atoms with Gasteiger partial charge in [0.1, 0.15) is 11.6 Å². The fourth-order valence-corrected chi connectivity index (χ4v) is 4.19. The highest BCUT2D eigenvalue weighted by molar-refractivity contribution is 7.99. The Labute approximate surface area is 152 Å². The van der Waals surface area contributed by atoms with Crippen LogP contribution in [0.15, 0.2) is 23.4 Å². The van der Waals surface area contributed by atoms with Crippen molar-refractivity contribution in [2.45, 2.75) is 57.1 Å². The third-order valence-corrected chi connectivity index (χ3v) is 5.82. The molecule has 1 aliphatic carbocycles. The molecule has 1 heterocycles. The van der Waals surface area contributed by atoms with Gasteiger partial charge in [-0.2, -0.15) is 0 Å². The van der Waals surface area contributed by atoms with Crippen LogP contribution in [0.1, 0.15) is 49.5 Å². The highest BCUT2D eigenvalue weighted by atomic mass is 35.5. The van der Waals surface area contributed by atoms with Gasteiger partial charge in [-0.15, -0.1) is 10.2 Å². The minimum absolute atomic E-state index is 0.566. The third kappa shape index (κ3) is 4.25. The molecule has 1 aliphatic rings. The molecular formula is C18H24ClN3OS. The van der Waals surface area contributed by atoms with Crippen LogP contribution in [0.3, 0.4) is 0 Å². The lowest BCUT2D eigenvalue weighted by atomic mass is 9.95. The smallest absolute Gasteiger partial charge is 0.191 e. The van der Waals surface area contributed by atoms with Crippen LogP contribution in [-0.2, 0) is 0 Å². The van der Waals surface area contributed by atoms with Crippen molar-refractivity contribution < 1.29 is 4.74 Å². The normalized spacial score (nSPS) is 15.6. The molecule has 3 rings (SSSR count). The van der Waals surface area contributed by atoms with E-state index in [1.165, 1.54) is 32.1 Å². The van der Waals surface area contributed by atoms with Gasteiger partial charge in [-0.1, -0.05) is 42.6 Å². The average molecular weight is 366 g/mol. The Morgan fingerprint density at radius 3 is 2.75 bits per heavy atom. The van der Waals surface area contributed by atoms with E-state index < -0.39 is 0 Å². The van der Waals surface area contributed by atoms with E-state index in [1.54, 1.807) is 11.8 Å². The molecule has 0 atom stereocenters. The zero-order chi connectivity index (χ0) is 16.9. The molecule has 6 heteroatoms. The van der Waals surface area contributed by atoms with Gasteiger partial charge in [0.05, 0.1) is 6.61 Å². The van der Waals surface area contributed by atoms with Crippen molar-refractivity contribution >= 4 is 23.4 Å². The van der Waals surface area contributed by atoms with Crippen LogP contribution in [0, 0.1) is 13.8 Å². The lowest BCUT2D eigenvalue weighted by Gasteiger charge is -2.25. The zero-order valence-electron chi connectivity index (χ0n) is 14.3. The maximum atomic E-state index is 6.04. The quantitative estimate of drug-likeness (QED) is 0.519. The second-order valence-corrected chi connectivity index (χ2v) is 7.77. The molecule has 0 aliphatic heterocycles. The minimum Gasteiger partial charge on any atom is -0.493 e. The first-order valence-corrected chi connectivity index (χ1v) is 9.95. The molecule has 1 aromatic heterocycles. The molecular weight excluding hydrogens is 342 g/mol. The van der Waals surface area contributed by atoms with Crippen molar-refractivity contribution in [2.24, 2.45) is 0 Å². The van der Waals surface area contributed by atoms with Crippen LogP contribution >= 0.6 is 23.4 Å². The third-order valence-electron chi connectivity index (χ3n) is 4.49. The standard InChI is InChI=1S/C18H24ClN3OS/c1-13-12-16(8-9-17(13)19)23-10-11-24-18-21-20-14(2)22(18)15-6-4-3-5-7-15/h8-9,12,15H,3-7,10-11H2,1-2H3. The number of thioether (sulfide) groups is 1. The van der Waals surface area contributed by atoms with E-state index in [0.717, 1.165) is 33.1 Å². The lowest BCUT2D eigenvalue weighted by Crippen LogP contribution is -2.15. The fraction of sp³-hybridized carbons (Fsp3) is 0.556. The van der Waals surface area contributed by atoms with Gasteiger partial charge in [0.25, 0.3) is 0 Å². The van der Waals surface area contributed by atoms with Gasteiger partial charge in [0.15, 0.2) is 5.16 Å². The monoisotopic (exact) mass is 365 g/mol. The second-order valence-electron chi connectivity index (χ2n) is 6.30. The molecule has 2 aromatic rings. The number of nitrogens with zero attached hydrogens (tertiary/aromatic N) is 3. The summed E-state index contributed by atoms with van der Waals surface area (Å²) in [5, 5.41) is 10.4. The predicted octanol–water partition coefficient (Wildman–Crippen LogP) is 5.22. The van der Waals surface area contributed by atoms with Crippen molar-refractivity contribution in [3.05, 3.63) is 34.6 Å². The Balaban J connectivity index is 1.54. The number of benzene rings is 1. The van der Waals surface area contributed by atoms with Crippen molar-refractivity contribution in [1.82, 2.24) is 14.8 Å². The topological polar surface area (TPSA) is 39.9 Å². The van der Waals surface area contributed by atoms with Gasteiger partial charge in [-0.05, 0) is 50.5 Å². The zero-order valence-corrected chi connectivity index (χ0v) is 15.9. The molecule has 0 spiro atoms. The van der Waals surface area contributed by atoms with Crippen molar-refractivity contribution in [1.29, 1.82) is 0 Å². The maximum absolute atomic E-state index is 6.04. The summed E-state index contributed by atoms with van der Waals surface area (Å²) < 4.78 is 8.15. The first-order chi connectivity index (χ1) is 11.6. The molecule has 0 N–H and O–H groups in total. The fourth-order valence-electron chi connectivity index (χ4n) is 3.21. The van der Waals surface area contributed by atoms with Crippen LogP contribution in [0.5, 0.6) is 5.75 Å². The van der Waals surface area contributed by atoms with Crippen LogP contribution < -0.4 is 4.74 Å². The van der Waals surface area contributed by atoms with E-state index in [4.69, 9.17) is 16.3 Å². The summed E-state index contributed by atoms with van der Waals surface area (Å²) in [6.45, 7) is 4.68. The summed E-state index contributed by atoms with van der Waals surface area (Å²) in [6, 6.07) is 6.33. The highest BCUT2D eigenvalue weighted by Crippen LogP contribution is 2.32. The number of hydrogen-bond acceptors (Lipinski definition) is 4. The SMILES string of the molecule is Cc1cc(OCCSc2nnc(C)n2C2CCCCC2)ccc1Cl. The molecule has 1 saturated carbocycles. The Morgan fingerprint density at radius 2 is 2.00 bits per heavy atom. The van der Waals surface area contributed by atoms with Crippen LogP contribution in [0.2, 0.25) is 5.02 Å². The van der Waals surface area contributed by atoms with Gasteiger partial charge in [-0.25, -0.2) is 0 Å². The average Bonchev–Trinajstić information content (AvgIpc) is 2.96. The number of rotatable bonds is 6. The largest absolute Gasteiger partial charge is 0.493 e. The molecule has 1 fully saturated rings. The Kier molecular flexibility index (Phi) is 6.06. The van der Waals surface area contributed by atoms with Crippen LogP contribution in [-0.4, -0.2) is 27.1 Å². The molecule has 4 nitrogen and oxygen atoms in total. The first-order valence-electron chi connectivity index (χ1n) is 8.58. The highest BCUT2D eigenvalue weighted by Gasteiger charge is 2.21. The van der Waals surface area contributed by atoms with Crippen molar-refractivity contribution in [2.75, 3.05) is 12.4 Å². The summed E-state index contributed by atoms with van der Waals surface area (Å²) in [7, 11) is 0. The number of aryl methyl sites for hydroxylation is 2. The molecule has 0 unspecified atom stereocenters. The van der Waals surface area contributed by atoms with E-state index in [2.05, 4.69) is 21.7 Å². The van der Waals surface area contributed by atoms with Gasteiger partial charge < -0.3 is 9.30 Å². The Hall–Kier alpha value is -1.20. The molecule has 1 aromatic carbocycles. The molecule has 0 amide bonds. The predicted molar refractivity (Wildman–Crippen MR) is 99.3 cm³/mol. The number of halogens is 1. The molecule has 0 bridgehead atoms. The van der Waals surface area contributed by atoms with Crippen molar-refractivity contribution in [3.8, 4) is 5.75 Å².